The summed E-state index contributed by atoms with van der Waals surface area (Å²) in [4.78, 5) is 9.80. The van der Waals surface area contributed by atoms with Crippen LogP contribution in [0.25, 0.3) is 28.1 Å². The summed E-state index contributed by atoms with van der Waals surface area (Å²) in [5, 5.41) is 9.94. The number of ether oxygens (including phenoxy) is 2. The zero-order chi connectivity index (χ0) is 22.5. The lowest BCUT2D eigenvalue weighted by atomic mass is 10.1. The van der Waals surface area contributed by atoms with Crippen molar-refractivity contribution in [2.24, 2.45) is 0 Å². The van der Waals surface area contributed by atoms with Gasteiger partial charge in [0, 0.05) is 38.1 Å². The number of nitrogens with zero attached hydrogens (tertiary/aromatic N) is 6. The molecule has 0 amide bonds. The molecule has 0 radical (unpaired) electrons. The van der Waals surface area contributed by atoms with Gasteiger partial charge in [-0.15, -0.1) is 10.2 Å². The van der Waals surface area contributed by atoms with E-state index in [0.29, 0.717) is 18.4 Å². The second kappa shape index (κ2) is 7.74. The second-order valence-electron chi connectivity index (χ2n) is 8.54. The fourth-order valence-corrected chi connectivity index (χ4v) is 4.75. The van der Waals surface area contributed by atoms with Crippen LogP contribution in [-0.4, -0.2) is 57.5 Å². The number of anilines is 1. The van der Waals surface area contributed by atoms with E-state index in [2.05, 4.69) is 32.1 Å². The Morgan fingerprint density at radius 1 is 0.853 bits per heavy atom. The zero-order valence-corrected chi connectivity index (χ0v) is 18.4. The van der Waals surface area contributed by atoms with Crippen molar-refractivity contribution in [2.45, 2.75) is 6.54 Å². The minimum absolute atomic E-state index is 0.299. The van der Waals surface area contributed by atoms with Gasteiger partial charge < -0.3 is 18.8 Å². The molecular weight excluding hydrogens is 432 g/mol. The quantitative estimate of drug-likeness (QED) is 0.408. The molecule has 1 saturated heterocycles. The summed E-state index contributed by atoms with van der Waals surface area (Å²) in [5.74, 6) is 3.83. The maximum atomic E-state index is 5.66. The molecule has 2 aliphatic heterocycles. The molecule has 1 fully saturated rings. The van der Waals surface area contributed by atoms with Crippen molar-refractivity contribution in [2.75, 3.05) is 37.9 Å². The molecule has 170 valence electrons. The molecule has 5 aromatic rings. The summed E-state index contributed by atoms with van der Waals surface area (Å²) in [7, 11) is 0. The van der Waals surface area contributed by atoms with Crippen LogP contribution in [0, 0.1) is 0 Å². The van der Waals surface area contributed by atoms with E-state index in [1.165, 1.54) is 5.56 Å². The number of aromatic nitrogens is 4. The fraction of sp³-hybridized carbons (Fsp3) is 0.240. The molecule has 0 atom stereocenters. The Balaban J connectivity index is 1.19. The first-order chi connectivity index (χ1) is 16.8. The maximum Gasteiger partial charge on any atom is 0.231 e. The highest BCUT2D eigenvalue weighted by molar-refractivity contribution is 5.93. The molecule has 3 aromatic heterocycles. The van der Waals surface area contributed by atoms with Crippen molar-refractivity contribution in [3.63, 3.8) is 0 Å². The highest BCUT2D eigenvalue weighted by atomic mass is 16.7. The molecule has 2 aromatic carbocycles. The van der Waals surface area contributed by atoms with E-state index >= 15 is 0 Å². The van der Waals surface area contributed by atoms with Crippen LogP contribution in [0.3, 0.4) is 0 Å². The Morgan fingerprint density at radius 3 is 2.62 bits per heavy atom. The van der Waals surface area contributed by atoms with Crippen molar-refractivity contribution in [3.8, 4) is 23.1 Å². The van der Waals surface area contributed by atoms with Gasteiger partial charge >= 0.3 is 0 Å². The third-order valence-corrected chi connectivity index (χ3v) is 6.47. The number of para-hydroxylation sites is 1. The summed E-state index contributed by atoms with van der Waals surface area (Å²) in [5.41, 5.74) is 2.92. The second-order valence-corrected chi connectivity index (χ2v) is 8.54. The van der Waals surface area contributed by atoms with Crippen molar-refractivity contribution in [1.82, 2.24) is 24.5 Å². The predicted octanol–water partition coefficient (Wildman–Crippen LogP) is 3.59. The molecule has 5 heterocycles. The van der Waals surface area contributed by atoms with Crippen molar-refractivity contribution in [3.05, 3.63) is 66.4 Å². The number of furan rings is 1. The highest BCUT2D eigenvalue weighted by Crippen LogP contribution is 2.33. The van der Waals surface area contributed by atoms with Gasteiger partial charge in [0.25, 0.3) is 0 Å². The van der Waals surface area contributed by atoms with Crippen LogP contribution in [0.4, 0.5) is 5.95 Å². The number of fused-ring (bicyclic) bond motifs is 4. The number of piperazine rings is 1. The van der Waals surface area contributed by atoms with Crippen molar-refractivity contribution >= 4 is 22.5 Å². The Labute approximate surface area is 195 Å². The van der Waals surface area contributed by atoms with Gasteiger partial charge in [-0.1, -0.05) is 18.2 Å². The fourth-order valence-electron chi connectivity index (χ4n) is 4.75. The standard InChI is InChI=1S/C25H22N6O3/c1-2-5-19-18(4-1)23-27-28-24(21-6-3-13-32-21)31(23)25(26-19)30-11-9-29(10-12-30)15-17-7-8-20-22(14-17)34-16-33-20/h1-8,13-14H,9-12,15-16H2. The van der Waals surface area contributed by atoms with Gasteiger partial charge in [-0.2, -0.15) is 0 Å². The lowest BCUT2D eigenvalue weighted by Gasteiger charge is -2.35. The Morgan fingerprint density at radius 2 is 1.74 bits per heavy atom. The van der Waals surface area contributed by atoms with Gasteiger partial charge in [-0.25, -0.2) is 9.38 Å². The van der Waals surface area contributed by atoms with Gasteiger partial charge in [-0.05, 0) is 42.0 Å². The van der Waals surface area contributed by atoms with Gasteiger partial charge in [0.15, 0.2) is 22.9 Å². The molecule has 9 heteroatoms. The summed E-state index contributed by atoms with van der Waals surface area (Å²) in [6.45, 7) is 4.70. The van der Waals surface area contributed by atoms with Gasteiger partial charge in [0.05, 0.1) is 11.8 Å². The molecular formula is C25H22N6O3. The molecule has 0 N–H and O–H groups in total. The molecule has 0 aliphatic carbocycles. The molecule has 0 unspecified atom stereocenters. The smallest absolute Gasteiger partial charge is 0.231 e. The number of benzene rings is 2. The highest BCUT2D eigenvalue weighted by Gasteiger charge is 2.25. The topological polar surface area (TPSA) is 81.2 Å². The molecule has 0 saturated carbocycles. The monoisotopic (exact) mass is 454 g/mol. The molecule has 0 bridgehead atoms. The zero-order valence-electron chi connectivity index (χ0n) is 18.4. The maximum absolute atomic E-state index is 5.66. The first-order valence-electron chi connectivity index (χ1n) is 11.4. The Kier molecular flexibility index (Phi) is 4.41. The first kappa shape index (κ1) is 19.4. The predicted molar refractivity (Wildman–Crippen MR) is 126 cm³/mol. The molecule has 0 spiro atoms. The first-order valence-corrected chi connectivity index (χ1v) is 11.4. The van der Waals surface area contributed by atoms with Gasteiger partial charge in [0.2, 0.25) is 18.6 Å². The van der Waals surface area contributed by atoms with Crippen LogP contribution < -0.4 is 14.4 Å². The summed E-state index contributed by atoms with van der Waals surface area (Å²) in [6, 6.07) is 18.0. The van der Waals surface area contributed by atoms with E-state index in [9.17, 15) is 0 Å². The number of hydrogen-bond donors (Lipinski definition) is 0. The minimum Gasteiger partial charge on any atom is -0.461 e. The minimum atomic E-state index is 0.299. The molecule has 7 rings (SSSR count). The molecule has 34 heavy (non-hydrogen) atoms. The van der Waals surface area contributed by atoms with E-state index in [4.69, 9.17) is 18.9 Å². The molecule has 2 aliphatic rings. The summed E-state index contributed by atoms with van der Waals surface area (Å²) < 4.78 is 18.6. The Bertz CT molecular complexity index is 1490. The van der Waals surface area contributed by atoms with Crippen LogP contribution in [0.15, 0.2) is 65.3 Å². The van der Waals surface area contributed by atoms with Crippen molar-refractivity contribution < 1.29 is 13.9 Å². The van der Waals surface area contributed by atoms with Crippen LogP contribution in [-0.2, 0) is 6.54 Å². The summed E-state index contributed by atoms with van der Waals surface area (Å²) >= 11 is 0. The third-order valence-electron chi connectivity index (χ3n) is 6.47. The van der Waals surface area contributed by atoms with Crippen LogP contribution >= 0.6 is 0 Å². The largest absolute Gasteiger partial charge is 0.461 e. The van der Waals surface area contributed by atoms with E-state index in [-0.39, 0.29) is 0 Å². The van der Waals surface area contributed by atoms with Crippen LogP contribution in [0.5, 0.6) is 11.5 Å². The average molecular weight is 454 g/mol. The van der Waals surface area contributed by atoms with E-state index in [1.54, 1.807) is 6.26 Å². The number of hydrogen-bond acceptors (Lipinski definition) is 8. The Hall–Kier alpha value is -4.11. The van der Waals surface area contributed by atoms with Gasteiger partial charge in [-0.3, -0.25) is 4.90 Å². The van der Waals surface area contributed by atoms with Crippen molar-refractivity contribution in [1.29, 1.82) is 0 Å². The molecule has 9 nitrogen and oxygen atoms in total. The average Bonchev–Trinajstić information content (AvgIpc) is 3.64. The van der Waals surface area contributed by atoms with Crippen LogP contribution in [0.1, 0.15) is 5.56 Å². The third kappa shape index (κ3) is 3.16. The van der Waals surface area contributed by atoms with Crippen LogP contribution in [0.2, 0.25) is 0 Å². The normalized spacial score (nSPS) is 16.1. The lowest BCUT2D eigenvalue weighted by Crippen LogP contribution is -2.46. The SMILES string of the molecule is c1coc(-c2nnc3c4ccccc4nc(N4CCN(Cc5ccc6c(c5)OCO6)CC4)n23)c1. The lowest BCUT2D eigenvalue weighted by molar-refractivity contribution is 0.174. The number of rotatable bonds is 4. The van der Waals surface area contributed by atoms with Gasteiger partial charge in [0.1, 0.15) is 0 Å². The van der Waals surface area contributed by atoms with E-state index in [1.807, 2.05) is 46.9 Å². The van der Waals surface area contributed by atoms with E-state index < -0.39 is 0 Å². The summed E-state index contributed by atoms with van der Waals surface area (Å²) in [6.07, 6.45) is 1.65. The van der Waals surface area contributed by atoms with E-state index in [0.717, 1.165) is 66.7 Å².